The first-order valence-corrected chi connectivity index (χ1v) is 14.0. The van der Waals surface area contributed by atoms with E-state index in [0.717, 1.165) is 55.3 Å². The number of ether oxygens (including phenoxy) is 1. The van der Waals surface area contributed by atoms with Gasteiger partial charge in [0, 0.05) is 18.0 Å². The summed E-state index contributed by atoms with van der Waals surface area (Å²) in [6.45, 7) is 2.94. The standard InChI is InChI=1S/C31H46N2O/c1-2-3-4-5-10-15-24-34-30-22-20-29(21-23-30)31-32-25-28(26-33-31)19-12-9-7-6-8-11-16-27-17-13-14-18-27/h3-4,20-23,25-27H,2,5-19,24H2,1H3. The Morgan fingerprint density at radius 3 is 2.26 bits per heavy atom. The van der Waals surface area contributed by atoms with Gasteiger partial charge >= 0.3 is 0 Å². The van der Waals surface area contributed by atoms with Crippen molar-refractivity contribution >= 4 is 0 Å². The molecule has 0 aliphatic heterocycles. The molecule has 1 aliphatic rings. The lowest BCUT2D eigenvalue weighted by molar-refractivity contribution is 0.307. The Balaban J connectivity index is 1.26. The fourth-order valence-corrected chi connectivity index (χ4v) is 4.94. The maximum Gasteiger partial charge on any atom is 0.159 e. The number of benzene rings is 1. The summed E-state index contributed by atoms with van der Waals surface area (Å²) in [5.74, 6) is 2.77. The van der Waals surface area contributed by atoms with E-state index in [1.54, 1.807) is 0 Å². The van der Waals surface area contributed by atoms with E-state index in [4.69, 9.17) is 4.74 Å². The minimum atomic E-state index is 0.769. The Morgan fingerprint density at radius 2 is 1.53 bits per heavy atom. The molecule has 3 rings (SSSR count). The summed E-state index contributed by atoms with van der Waals surface area (Å²) in [7, 11) is 0. The van der Waals surface area contributed by atoms with Gasteiger partial charge in [0.2, 0.25) is 0 Å². The van der Waals surface area contributed by atoms with Crippen molar-refractivity contribution in [1.29, 1.82) is 0 Å². The second-order valence-corrected chi connectivity index (χ2v) is 9.97. The van der Waals surface area contributed by atoms with Crippen LogP contribution in [0.3, 0.4) is 0 Å². The van der Waals surface area contributed by atoms with Crippen LogP contribution in [0.5, 0.6) is 5.75 Å². The monoisotopic (exact) mass is 462 g/mol. The van der Waals surface area contributed by atoms with Crippen molar-refractivity contribution < 1.29 is 4.74 Å². The van der Waals surface area contributed by atoms with Gasteiger partial charge in [-0.05, 0) is 74.3 Å². The predicted octanol–water partition coefficient (Wildman–Crippen LogP) is 9.12. The molecule has 0 radical (unpaired) electrons. The molecule has 0 N–H and O–H groups in total. The van der Waals surface area contributed by atoms with Gasteiger partial charge in [0.25, 0.3) is 0 Å². The second kappa shape index (κ2) is 16.5. The van der Waals surface area contributed by atoms with Gasteiger partial charge in [0.05, 0.1) is 6.61 Å². The summed E-state index contributed by atoms with van der Waals surface area (Å²) in [5, 5.41) is 0. The van der Waals surface area contributed by atoms with Gasteiger partial charge in [-0.15, -0.1) is 0 Å². The highest BCUT2D eigenvalue weighted by molar-refractivity contribution is 5.55. The summed E-state index contributed by atoms with van der Waals surface area (Å²) < 4.78 is 5.87. The average molecular weight is 463 g/mol. The topological polar surface area (TPSA) is 35.0 Å². The van der Waals surface area contributed by atoms with Gasteiger partial charge in [-0.3, -0.25) is 0 Å². The zero-order valence-electron chi connectivity index (χ0n) is 21.5. The Bertz CT molecular complexity index is 791. The third-order valence-electron chi connectivity index (χ3n) is 7.06. The van der Waals surface area contributed by atoms with Crippen molar-refractivity contribution in [1.82, 2.24) is 9.97 Å². The van der Waals surface area contributed by atoms with E-state index in [-0.39, 0.29) is 0 Å². The van der Waals surface area contributed by atoms with Crippen LogP contribution in [0.2, 0.25) is 0 Å². The number of rotatable bonds is 17. The number of allylic oxidation sites excluding steroid dienone is 2. The highest BCUT2D eigenvalue weighted by Crippen LogP contribution is 2.29. The Morgan fingerprint density at radius 1 is 0.824 bits per heavy atom. The molecule has 1 saturated carbocycles. The molecule has 0 bridgehead atoms. The minimum Gasteiger partial charge on any atom is -0.494 e. The van der Waals surface area contributed by atoms with E-state index >= 15 is 0 Å². The van der Waals surface area contributed by atoms with Crippen LogP contribution in [0.1, 0.15) is 109 Å². The van der Waals surface area contributed by atoms with Crippen molar-refractivity contribution in [2.45, 2.75) is 110 Å². The predicted molar refractivity (Wildman–Crippen MR) is 144 cm³/mol. The minimum absolute atomic E-state index is 0.769. The Hall–Kier alpha value is -2.16. The third kappa shape index (κ3) is 10.4. The van der Waals surface area contributed by atoms with E-state index in [0.29, 0.717) is 0 Å². The van der Waals surface area contributed by atoms with Crippen LogP contribution in [0.4, 0.5) is 0 Å². The van der Waals surface area contributed by atoms with Crippen molar-refractivity contribution in [3.8, 4) is 17.1 Å². The molecule has 0 spiro atoms. The van der Waals surface area contributed by atoms with Crippen LogP contribution in [0, 0.1) is 5.92 Å². The van der Waals surface area contributed by atoms with Crippen molar-refractivity contribution in [2.75, 3.05) is 6.61 Å². The summed E-state index contributed by atoms with van der Waals surface area (Å²) in [6.07, 6.45) is 29.8. The molecule has 1 aliphatic carbocycles. The molecule has 0 unspecified atom stereocenters. The fraction of sp³-hybridized carbons (Fsp3) is 0.613. The van der Waals surface area contributed by atoms with Crippen LogP contribution in [0.15, 0.2) is 48.8 Å². The van der Waals surface area contributed by atoms with E-state index in [2.05, 4.69) is 41.2 Å². The highest BCUT2D eigenvalue weighted by atomic mass is 16.5. The fourth-order valence-electron chi connectivity index (χ4n) is 4.94. The van der Waals surface area contributed by atoms with Crippen LogP contribution >= 0.6 is 0 Å². The summed E-state index contributed by atoms with van der Waals surface area (Å²) in [5.41, 5.74) is 2.29. The second-order valence-electron chi connectivity index (χ2n) is 9.97. The van der Waals surface area contributed by atoms with Crippen LogP contribution in [-0.4, -0.2) is 16.6 Å². The lowest BCUT2D eigenvalue weighted by atomic mass is 9.99. The molecule has 34 heavy (non-hydrogen) atoms. The highest BCUT2D eigenvalue weighted by Gasteiger charge is 2.13. The Kier molecular flexibility index (Phi) is 12.8. The molecule has 1 heterocycles. The smallest absolute Gasteiger partial charge is 0.159 e. The molecule has 1 fully saturated rings. The van der Waals surface area contributed by atoms with Gasteiger partial charge in [-0.2, -0.15) is 0 Å². The number of unbranched alkanes of at least 4 members (excludes halogenated alkanes) is 7. The largest absolute Gasteiger partial charge is 0.494 e. The van der Waals surface area contributed by atoms with Gasteiger partial charge in [0.15, 0.2) is 5.82 Å². The maximum atomic E-state index is 5.87. The van der Waals surface area contributed by atoms with E-state index in [1.165, 1.54) is 82.6 Å². The van der Waals surface area contributed by atoms with Crippen molar-refractivity contribution in [3.63, 3.8) is 0 Å². The Labute approximate surface area is 208 Å². The van der Waals surface area contributed by atoms with Crippen LogP contribution in [0.25, 0.3) is 11.4 Å². The number of hydrogen-bond donors (Lipinski definition) is 0. The lowest BCUT2D eigenvalue weighted by Crippen LogP contribution is -1.97. The van der Waals surface area contributed by atoms with Crippen LogP contribution < -0.4 is 4.74 Å². The molecular formula is C31H46N2O. The molecule has 3 heteroatoms. The van der Waals surface area contributed by atoms with Gasteiger partial charge < -0.3 is 4.74 Å². The number of aromatic nitrogens is 2. The van der Waals surface area contributed by atoms with E-state index in [1.807, 2.05) is 24.5 Å². The molecule has 3 nitrogen and oxygen atoms in total. The average Bonchev–Trinajstić information content (AvgIpc) is 3.39. The molecular weight excluding hydrogens is 416 g/mol. The SMILES string of the molecule is CCC=CCCCCOc1ccc(-c2ncc(CCCCCCCCC3CCCC3)cn2)cc1. The van der Waals surface area contributed by atoms with Crippen molar-refractivity contribution in [2.24, 2.45) is 5.92 Å². The molecule has 0 saturated heterocycles. The normalized spacial score (nSPS) is 14.3. The summed E-state index contributed by atoms with van der Waals surface area (Å²) >= 11 is 0. The van der Waals surface area contributed by atoms with E-state index < -0.39 is 0 Å². The van der Waals surface area contributed by atoms with Gasteiger partial charge in [0.1, 0.15) is 5.75 Å². The van der Waals surface area contributed by atoms with E-state index in [9.17, 15) is 0 Å². The first-order valence-electron chi connectivity index (χ1n) is 14.0. The summed E-state index contributed by atoms with van der Waals surface area (Å²) in [6, 6.07) is 8.16. The first-order chi connectivity index (χ1) is 16.8. The first kappa shape index (κ1) is 26.4. The molecule has 1 aromatic heterocycles. The molecule has 0 amide bonds. The number of aryl methyl sites for hydroxylation is 1. The lowest BCUT2D eigenvalue weighted by Gasteiger charge is -2.08. The quantitative estimate of drug-likeness (QED) is 0.174. The molecule has 1 aromatic carbocycles. The third-order valence-corrected chi connectivity index (χ3v) is 7.06. The van der Waals surface area contributed by atoms with Gasteiger partial charge in [-0.1, -0.05) is 83.3 Å². The number of nitrogens with zero attached hydrogens (tertiary/aromatic N) is 2. The number of hydrogen-bond acceptors (Lipinski definition) is 3. The van der Waals surface area contributed by atoms with Gasteiger partial charge in [-0.25, -0.2) is 9.97 Å². The van der Waals surface area contributed by atoms with Crippen LogP contribution in [-0.2, 0) is 6.42 Å². The zero-order valence-corrected chi connectivity index (χ0v) is 21.5. The van der Waals surface area contributed by atoms with Crippen molar-refractivity contribution in [3.05, 3.63) is 54.4 Å². The summed E-state index contributed by atoms with van der Waals surface area (Å²) in [4.78, 5) is 9.22. The molecule has 2 aromatic rings. The molecule has 0 atom stereocenters. The molecule has 186 valence electrons. The zero-order chi connectivity index (χ0) is 23.7. The maximum absolute atomic E-state index is 5.87.